The van der Waals surface area contributed by atoms with Crippen molar-refractivity contribution < 1.29 is 14.1 Å². The molecule has 5 nitrogen and oxygen atoms in total. The maximum Gasteiger partial charge on any atom is 0.275 e. The summed E-state index contributed by atoms with van der Waals surface area (Å²) in [4.78, 5) is 10.1. The van der Waals surface area contributed by atoms with Crippen molar-refractivity contribution >= 4 is 27.3 Å². The van der Waals surface area contributed by atoms with E-state index in [0.717, 1.165) is 0 Å². The highest BCUT2D eigenvalue weighted by molar-refractivity contribution is 9.10. The van der Waals surface area contributed by atoms with Gasteiger partial charge in [0.2, 0.25) is 0 Å². The summed E-state index contributed by atoms with van der Waals surface area (Å²) in [5.41, 5.74) is 5.59. The van der Waals surface area contributed by atoms with E-state index >= 15 is 0 Å². The first-order valence-corrected chi connectivity index (χ1v) is 5.93. The lowest BCUT2D eigenvalue weighted by molar-refractivity contribution is -0.384. The zero-order valence-electron chi connectivity index (χ0n) is 9.47. The zero-order valence-corrected chi connectivity index (χ0v) is 11.1. The summed E-state index contributed by atoms with van der Waals surface area (Å²) >= 11 is 3.02. The second-order valence-corrected chi connectivity index (χ2v) is 4.55. The van der Waals surface area contributed by atoms with E-state index in [1.54, 1.807) is 0 Å². The molecule has 0 bridgehead atoms. The summed E-state index contributed by atoms with van der Waals surface area (Å²) in [7, 11) is 0. The molecule has 0 aromatic heterocycles. The van der Waals surface area contributed by atoms with Crippen LogP contribution in [0.3, 0.4) is 0 Å². The second-order valence-electron chi connectivity index (χ2n) is 3.70. The fourth-order valence-corrected chi connectivity index (χ4v) is 1.80. The SMILES string of the molecule is Nc1cc(Oc2ccc(F)c(Br)c2)cc([N+](=O)[O-])c1. The topological polar surface area (TPSA) is 78.4 Å². The van der Waals surface area contributed by atoms with Gasteiger partial charge in [-0.2, -0.15) is 0 Å². The monoisotopic (exact) mass is 326 g/mol. The third kappa shape index (κ3) is 3.19. The van der Waals surface area contributed by atoms with Crippen LogP contribution >= 0.6 is 15.9 Å². The third-order valence-corrected chi connectivity index (χ3v) is 2.86. The molecule has 0 fully saturated rings. The fraction of sp³-hybridized carbons (Fsp3) is 0. The van der Waals surface area contributed by atoms with Gasteiger partial charge in [-0.3, -0.25) is 10.1 Å². The smallest absolute Gasteiger partial charge is 0.275 e. The van der Waals surface area contributed by atoms with Gasteiger partial charge >= 0.3 is 0 Å². The van der Waals surface area contributed by atoms with Crippen molar-refractivity contribution in [3.8, 4) is 11.5 Å². The number of nitrogens with two attached hydrogens (primary N) is 1. The van der Waals surface area contributed by atoms with Gasteiger partial charge in [0.25, 0.3) is 5.69 Å². The first-order valence-electron chi connectivity index (χ1n) is 5.13. The second kappa shape index (κ2) is 5.23. The molecule has 0 amide bonds. The van der Waals surface area contributed by atoms with Crippen LogP contribution in [0.1, 0.15) is 0 Å². The van der Waals surface area contributed by atoms with E-state index in [-0.39, 0.29) is 21.6 Å². The molecule has 0 atom stereocenters. The summed E-state index contributed by atoms with van der Waals surface area (Å²) in [5.74, 6) is 0.129. The molecule has 0 aliphatic carbocycles. The van der Waals surface area contributed by atoms with Gasteiger partial charge in [-0.25, -0.2) is 4.39 Å². The summed E-state index contributed by atoms with van der Waals surface area (Å²) in [5, 5.41) is 10.7. The Balaban J connectivity index is 2.32. The Hall–Kier alpha value is -2.15. The number of benzene rings is 2. The predicted molar refractivity (Wildman–Crippen MR) is 71.7 cm³/mol. The molecule has 0 spiro atoms. The third-order valence-electron chi connectivity index (χ3n) is 2.25. The fourth-order valence-electron chi connectivity index (χ4n) is 1.45. The molecule has 2 N–H and O–H groups in total. The average molecular weight is 327 g/mol. The van der Waals surface area contributed by atoms with Gasteiger partial charge in [0.15, 0.2) is 0 Å². The van der Waals surface area contributed by atoms with Crippen molar-refractivity contribution in [2.45, 2.75) is 0 Å². The lowest BCUT2D eigenvalue weighted by Gasteiger charge is -2.07. The number of nitrogen functional groups attached to an aromatic ring is 1. The summed E-state index contributed by atoms with van der Waals surface area (Å²) in [6.07, 6.45) is 0. The molecule has 2 aromatic carbocycles. The minimum absolute atomic E-state index is 0.170. The number of hydrogen-bond donors (Lipinski definition) is 1. The first kappa shape index (κ1) is 13.3. The van der Waals surface area contributed by atoms with Crippen LogP contribution in [0.5, 0.6) is 11.5 Å². The van der Waals surface area contributed by atoms with Crippen molar-refractivity contribution in [3.63, 3.8) is 0 Å². The van der Waals surface area contributed by atoms with Crippen LogP contribution in [0.2, 0.25) is 0 Å². The molecule has 0 unspecified atom stereocenters. The van der Waals surface area contributed by atoms with Crippen LogP contribution in [-0.2, 0) is 0 Å². The number of halogens is 2. The van der Waals surface area contributed by atoms with Gasteiger partial charge < -0.3 is 10.5 Å². The number of ether oxygens (including phenoxy) is 1. The number of non-ortho nitro benzene ring substituents is 1. The quantitative estimate of drug-likeness (QED) is 0.527. The van der Waals surface area contributed by atoms with Crippen LogP contribution in [-0.4, -0.2) is 4.92 Å². The van der Waals surface area contributed by atoms with Gasteiger partial charge in [0.05, 0.1) is 15.5 Å². The van der Waals surface area contributed by atoms with E-state index in [4.69, 9.17) is 10.5 Å². The standard InChI is InChI=1S/C12H8BrFN2O3/c13-11-6-9(1-2-12(11)14)19-10-4-7(15)3-8(5-10)16(17)18/h1-6H,15H2. The number of nitro benzene ring substituents is 1. The van der Waals surface area contributed by atoms with Gasteiger partial charge in [-0.1, -0.05) is 0 Å². The summed E-state index contributed by atoms with van der Waals surface area (Å²) in [6.45, 7) is 0. The van der Waals surface area contributed by atoms with Crippen LogP contribution in [0.4, 0.5) is 15.8 Å². The zero-order chi connectivity index (χ0) is 14.0. The highest BCUT2D eigenvalue weighted by Crippen LogP contribution is 2.30. The molecule has 0 heterocycles. The van der Waals surface area contributed by atoms with Crippen molar-refractivity contribution in [3.05, 3.63) is 56.8 Å². The maximum atomic E-state index is 13.1. The Kier molecular flexibility index (Phi) is 3.66. The Labute approximate surface area is 116 Å². The Morgan fingerprint density at radius 1 is 1.21 bits per heavy atom. The maximum absolute atomic E-state index is 13.1. The Morgan fingerprint density at radius 3 is 2.58 bits per heavy atom. The van der Waals surface area contributed by atoms with Gasteiger partial charge in [-0.15, -0.1) is 0 Å². The number of nitro groups is 1. The van der Waals surface area contributed by atoms with Crippen molar-refractivity contribution in [2.75, 3.05) is 5.73 Å². The van der Waals surface area contributed by atoms with E-state index in [9.17, 15) is 14.5 Å². The van der Waals surface area contributed by atoms with E-state index in [1.165, 1.54) is 36.4 Å². The predicted octanol–water partition coefficient (Wildman–Crippen LogP) is 3.87. The van der Waals surface area contributed by atoms with E-state index < -0.39 is 10.7 Å². The molecular weight excluding hydrogens is 319 g/mol. The van der Waals surface area contributed by atoms with E-state index in [1.807, 2.05) is 0 Å². The molecule has 0 saturated heterocycles. The highest BCUT2D eigenvalue weighted by Gasteiger charge is 2.10. The minimum atomic E-state index is -0.566. The number of hydrogen-bond acceptors (Lipinski definition) is 4. The van der Waals surface area contributed by atoms with Gasteiger partial charge in [0.1, 0.15) is 17.3 Å². The number of nitrogens with zero attached hydrogens (tertiary/aromatic N) is 1. The Bertz CT molecular complexity index is 649. The molecule has 98 valence electrons. The molecule has 0 aliphatic rings. The Morgan fingerprint density at radius 2 is 1.95 bits per heavy atom. The molecule has 19 heavy (non-hydrogen) atoms. The highest BCUT2D eigenvalue weighted by atomic mass is 79.9. The normalized spacial score (nSPS) is 10.2. The van der Waals surface area contributed by atoms with Crippen molar-refractivity contribution in [1.29, 1.82) is 0 Å². The van der Waals surface area contributed by atoms with Crippen molar-refractivity contribution in [1.82, 2.24) is 0 Å². The summed E-state index contributed by atoms with van der Waals surface area (Å²) in [6, 6.07) is 7.98. The molecule has 0 saturated carbocycles. The largest absolute Gasteiger partial charge is 0.457 e. The van der Waals surface area contributed by atoms with Crippen molar-refractivity contribution in [2.24, 2.45) is 0 Å². The van der Waals surface area contributed by atoms with E-state index in [0.29, 0.717) is 5.75 Å². The first-order chi connectivity index (χ1) is 8.95. The lowest BCUT2D eigenvalue weighted by atomic mass is 10.2. The number of anilines is 1. The molecule has 0 radical (unpaired) electrons. The van der Waals surface area contributed by atoms with Crippen LogP contribution in [0.15, 0.2) is 40.9 Å². The minimum Gasteiger partial charge on any atom is -0.457 e. The average Bonchev–Trinajstić information content (AvgIpc) is 2.33. The molecular formula is C12H8BrFN2O3. The molecule has 2 aromatic rings. The molecule has 7 heteroatoms. The van der Waals surface area contributed by atoms with Gasteiger partial charge in [-0.05, 0) is 34.1 Å². The number of rotatable bonds is 3. The van der Waals surface area contributed by atoms with Crippen LogP contribution in [0, 0.1) is 15.9 Å². The molecule has 0 aliphatic heterocycles. The summed E-state index contributed by atoms with van der Waals surface area (Å²) < 4.78 is 18.7. The van der Waals surface area contributed by atoms with Crippen LogP contribution in [0.25, 0.3) is 0 Å². The van der Waals surface area contributed by atoms with E-state index in [2.05, 4.69) is 15.9 Å². The molecule has 2 rings (SSSR count). The van der Waals surface area contributed by atoms with Gasteiger partial charge in [0, 0.05) is 17.8 Å². The lowest BCUT2D eigenvalue weighted by Crippen LogP contribution is -1.93. The van der Waals surface area contributed by atoms with Crippen LogP contribution < -0.4 is 10.5 Å².